The summed E-state index contributed by atoms with van der Waals surface area (Å²) in [5.74, 6) is 0. The van der Waals surface area contributed by atoms with Gasteiger partial charge >= 0.3 is 0 Å². The third kappa shape index (κ3) is 4.02. The monoisotopic (exact) mass is 236 g/mol. The molecule has 3 heteroatoms. The molecule has 1 N–H and O–H groups in total. The average molecular weight is 236 g/mol. The molecule has 96 valence electrons. The van der Waals surface area contributed by atoms with E-state index in [1.54, 1.807) is 7.11 Å². The van der Waals surface area contributed by atoms with Crippen molar-refractivity contribution in [3.8, 4) is 0 Å². The van der Waals surface area contributed by atoms with E-state index in [1.807, 2.05) is 0 Å². The molecule has 0 saturated heterocycles. The van der Waals surface area contributed by atoms with Crippen LogP contribution in [0.3, 0.4) is 0 Å². The van der Waals surface area contributed by atoms with E-state index in [4.69, 9.17) is 4.74 Å². The van der Waals surface area contributed by atoms with Crippen molar-refractivity contribution in [3.05, 3.63) is 29.8 Å². The minimum absolute atomic E-state index is 0.378. The van der Waals surface area contributed by atoms with Gasteiger partial charge in [-0.25, -0.2) is 0 Å². The van der Waals surface area contributed by atoms with Gasteiger partial charge in [0.2, 0.25) is 0 Å². The smallest absolute Gasteiger partial charge is 0.0663 e. The van der Waals surface area contributed by atoms with Gasteiger partial charge in [-0.05, 0) is 25.1 Å². The van der Waals surface area contributed by atoms with E-state index >= 15 is 0 Å². The summed E-state index contributed by atoms with van der Waals surface area (Å²) in [4.78, 5) is 2.27. The Morgan fingerprint density at radius 2 is 2.06 bits per heavy atom. The van der Waals surface area contributed by atoms with E-state index in [1.165, 1.54) is 11.3 Å². The number of nitrogens with zero attached hydrogens (tertiary/aromatic N) is 1. The predicted octanol–water partition coefficient (Wildman–Crippen LogP) is 2.27. The number of hydrogen-bond donors (Lipinski definition) is 1. The number of anilines is 1. The van der Waals surface area contributed by atoms with Gasteiger partial charge in [-0.3, -0.25) is 0 Å². The van der Waals surface area contributed by atoms with Crippen LogP contribution in [-0.4, -0.2) is 33.4 Å². The molecule has 0 fully saturated rings. The Morgan fingerprint density at radius 3 is 2.71 bits per heavy atom. The molecule has 17 heavy (non-hydrogen) atoms. The van der Waals surface area contributed by atoms with Crippen LogP contribution in [0.1, 0.15) is 19.4 Å². The van der Waals surface area contributed by atoms with Crippen molar-refractivity contribution in [2.24, 2.45) is 0 Å². The van der Waals surface area contributed by atoms with E-state index in [2.05, 4.69) is 55.4 Å². The SMILES string of the molecule is CCNCc1ccccc1N(C)C(C)COC. The molecule has 1 atom stereocenters. The maximum atomic E-state index is 5.21. The molecule has 1 aromatic rings. The maximum Gasteiger partial charge on any atom is 0.0663 e. The third-order valence-corrected chi connectivity index (χ3v) is 3.01. The van der Waals surface area contributed by atoms with Crippen LogP contribution in [0.15, 0.2) is 24.3 Å². The molecule has 0 aliphatic heterocycles. The van der Waals surface area contributed by atoms with Crippen LogP contribution in [0.4, 0.5) is 5.69 Å². The van der Waals surface area contributed by atoms with Crippen LogP contribution in [0.5, 0.6) is 0 Å². The minimum atomic E-state index is 0.378. The first-order valence-corrected chi connectivity index (χ1v) is 6.21. The van der Waals surface area contributed by atoms with Gasteiger partial charge in [0.1, 0.15) is 0 Å². The lowest BCUT2D eigenvalue weighted by Crippen LogP contribution is -2.33. The summed E-state index contributed by atoms with van der Waals surface area (Å²) in [5, 5.41) is 3.37. The highest BCUT2D eigenvalue weighted by Gasteiger charge is 2.12. The fourth-order valence-electron chi connectivity index (χ4n) is 1.85. The van der Waals surface area contributed by atoms with Crippen molar-refractivity contribution in [1.29, 1.82) is 0 Å². The van der Waals surface area contributed by atoms with Crippen LogP contribution in [0.25, 0.3) is 0 Å². The minimum Gasteiger partial charge on any atom is -0.383 e. The van der Waals surface area contributed by atoms with E-state index < -0.39 is 0 Å². The second-order valence-corrected chi connectivity index (χ2v) is 4.32. The second-order valence-electron chi connectivity index (χ2n) is 4.32. The average Bonchev–Trinajstić information content (AvgIpc) is 2.36. The number of hydrogen-bond acceptors (Lipinski definition) is 3. The number of rotatable bonds is 7. The standard InChI is InChI=1S/C14H24N2O/c1-5-15-10-13-8-6-7-9-14(13)16(3)12(2)11-17-4/h6-9,12,15H,5,10-11H2,1-4H3. The van der Waals surface area contributed by atoms with Crippen LogP contribution in [-0.2, 0) is 11.3 Å². The summed E-state index contributed by atoms with van der Waals surface area (Å²) in [6, 6.07) is 8.89. The maximum absolute atomic E-state index is 5.21. The van der Waals surface area contributed by atoms with Gasteiger partial charge in [0, 0.05) is 32.4 Å². The molecule has 1 unspecified atom stereocenters. The Hall–Kier alpha value is -1.06. The van der Waals surface area contributed by atoms with Crippen LogP contribution >= 0.6 is 0 Å². The Kier molecular flexibility index (Phi) is 6.01. The van der Waals surface area contributed by atoms with Gasteiger partial charge in [-0.15, -0.1) is 0 Å². The van der Waals surface area contributed by atoms with Gasteiger partial charge in [0.25, 0.3) is 0 Å². The third-order valence-electron chi connectivity index (χ3n) is 3.01. The Labute approximate surface area is 105 Å². The first kappa shape index (κ1) is 14.0. The first-order chi connectivity index (χ1) is 8.20. The van der Waals surface area contributed by atoms with Crippen molar-refractivity contribution in [2.75, 3.05) is 32.2 Å². The van der Waals surface area contributed by atoms with E-state index in [-0.39, 0.29) is 0 Å². The molecule has 0 saturated carbocycles. The highest BCUT2D eigenvalue weighted by atomic mass is 16.5. The van der Waals surface area contributed by atoms with Crippen LogP contribution in [0, 0.1) is 0 Å². The van der Waals surface area contributed by atoms with Crippen molar-refractivity contribution in [1.82, 2.24) is 5.32 Å². The summed E-state index contributed by atoms with van der Waals surface area (Å²) in [5.41, 5.74) is 2.61. The molecule has 0 amide bonds. The lowest BCUT2D eigenvalue weighted by Gasteiger charge is -2.28. The normalized spacial score (nSPS) is 12.5. The molecule has 1 aromatic carbocycles. The van der Waals surface area contributed by atoms with Gasteiger partial charge in [-0.1, -0.05) is 25.1 Å². The molecular weight excluding hydrogens is 212 g/mol. The summed E-state index contributed by atoms with van der Waals surface area (Å²) in [6.07, 6.45) is 0. The topological polar surface area (TPSA) is 24.5 Å². The quantitative estimate of drug-likeness (QED) is 0.786. The molecule has 1 rings (SSSR count). The van der Waals surface area contributed by atoms with Crippen molar-refractivity contribution >= 4 is 5.69 Å². The Bertz CT molecular complexity index is 328. The van der Waals surface area contributed by atoms with Gasteiger partial charge in [0.15, 0.2) is 0 Å². The molecule has 0 spiro atoms. The molecule has 3 nitrogen and oxygen atoms in total. The van der Waals surface area contributed by atoms with Crippen molar-refractivity contribution in [3.63, 3.8) is 0 Å². The molecule has 0 aromatic heterocycles. The molecular formula is C14H24N2O. The predicted molar refractivity (Wildman–Crippen MR) is 73.6 cm³/mol. The van der Waals surface area contributed by atoms with Crippen molar-refractivity contribution < 1.29 is 4.74 Å². The van der Waals surface area contributed by atoms with Crippen LogP contribution in [0.2, 0.25) is 0 Å². The van der Waals surface area contributed by atoms with E-state index in [9.17, 15) is 0 Å². The second kappa shape index (κ2) is 7.30. The first-order valence-electron chi connectivity index (χ1n) is 6.21. The van der Waals surface area contributed by atoms with Gasteiger partial charge in [-0.2, -0.15) is 0 Å². The fraction of sp³-hybridized carbons (Fsp3) is 0.571. The zero-order chi connectivity index (χ0) is 12.7. The number of likely N-dealkylation sites (N-methyl/N-ethyl adjacent to an activating group) is 1. The summed E-state index contributed by atoms with van der Waals surface area (Å²) >= 11 is 0. The zero-order valence-electron chi connectivity index (χ0n) is 11.4. The molecule has 0 aliphatic carbocycles. The number of benzene rings is 1. The summed E-state index contributed by atoms with van der Waals surface area (Å²) < 4.78 is 5.21. The highest BCUT2D eigenvalue weighted by molar-refractivity contribution is 5.53. The molecule has 0 aliphatic rings. The van der Waals surface area contributed by atoms with Gasteiger partial charge < -0.3 is 15.0 Å². The molecule has 0 heterocycles. The number of ether oxygens (including phenoxy) is 1. The zero-order valence-corrected chi connectivity index (χ0v) is 11.4. The Morgan fingerprint density at radius 1 is 1.35 bits per heavy atom. The number of para-hydroxylation sites is 1. The van der Waals surface area contributed by atoms with E-state index in [0.717, 1.165) is 19.7 Å². The van der Waals surface area contributed by atoms with Crippen LogP contribution < -0.4 is 10.2 Å². The molecule has 0 radical (unpaired) electrons. The highest BCUT2D eigenvalue weighted by Crippen LogP contribution is 2.21. The van der Waals surface area contributed by atoms with Crippen molar-refractivity contribution in [2.45, 2.75) is 26.4 Å². The fourth-order valence-corrected chi connectivity index (χ4v) is 1.85. The summed E-state index contributed by atoms with van der Waals surface area (Å²) in [6.45, 7) is 6.95. The lowest BCUT2D eigenvalue weighted by atomic mass is 10.1. The largest absolute Gasteiger partial charge is 0.383 e. The number of nitrogens with one attached hydrogen (secondary N) is 1. The lowest BCUT2D eigenvalue weighted by molar-refractivity contribution is 0.183. The van der Waals surface area contributed by atoms with Gasteiger partial charge in [0.05, 0.1) is 6.61 Å². The summed E-state index contributed by atoms with van der Waals surface area (Å²) in [7, 11) is 3.86. The van der Waals surface area contributed by atoms with E-state index in [0.29, 0.717) is 6.04 Å². The molecule has 0 bridgehead atoms. The number of methoxy groups -OCH3 is 1. The Balaban J connectivity index is 2.80.